The first-order valence-electron chi connectivity index (χ1n) is 7.26. The first kappa shape index (κ1) is 20.0. The van der Waals surface area contributed by atoms with Gasteiger partial charge in [-0.2, -0.15) is 0 Å². The van der Waals surface area contributed by atoms with E-state index < -0.39 is 0 Å². The van der Waals surface area contributed by atoms with Gasteiger partial charge in [0.15, 0.2) is 5.96 Å². The highest BCUT2D eigenvalue weighted by Crippen LogP contribution is 2.11. The minimum atomic E-state index is 0. The maximum atomic E-state index is 5.67. The van der Waals surface area contributed by atoms with Gasteiger partial charge in [-0.1, -0.05) is 31.5 Å². The number of nitrogens with zero attached hydrogens (tertiary/aromatic N) is 1. The van der Waals surface area contributed by atoms with Crippen molar-refractivity contribution in [3.8, 4) is 5.75 Å². The van der Waals surface area contributed by atoms with E-state index in [1.807, 2.05) is 12.1 Å². The molecular weight excluding hydrogens is 377 g/mol. The lowest BCUT2D eigenvalue weighted by molar-refractivity contribution is 0.311. The molecule has 0 aliphatic rings. The van der Waals surface area contributed by atoms with Crippen LogP contribution in [0.2, 0.25) is 0 Å². The van der Waals surface area contributed by atoms with Crippen LogP contribution >= 0.6 is 24.0 Å². The molecule has 0 aromatic heterocycles. The van der Waals surface area contributed by atoms with Crippen LogP contribution in [0.4, 0.5) is 0 Å². The summed E-state index contributed by atoms with van der Waals surface area (Å²) in [5, 5.41) is 6.56. The summed E-state index contributed by atoms with van der Waals surface area (Å²) in [4.78, 5) is 4.18. The second-order valence-electron chi connectivity index (χ2n) is 5.29. The SMILES string of the molecule is CN=C(NCCCOc1ccc(C)cc1)NCC(C)C.I. The van der Waals surface area contributed by atoms with Crippen LogP contribution in [0.5, 0.6) is 5.75 Å². The van der Waals surface area contributed by atoms with Crippen LogP contribution in [0.25, 0.3) is 0 Å². The van der Waals surface area contributed by atoms with E-state index >= 15 is 0 Å². The highest BCUT2D eigenvalue weighted by molar-refractivity contribution is 14.0. The third-order valence-corrected chi connectivity index (χ3v) is 2.80. The van der Waals surface area contributed by atoms with Crippen LogP contribution < -0.4 is 15.4 Å². The lowest BCUT2D eigenvalue weighted by Gasteiger charge is -2.13. The Morgan fingerprint density at radius 1 is 1.19 bits per heavy atom. The Morgan fingerprint density at radius 3 is 2.43 bits per heavy atom. The normalized spacial score (nSPS) is 11.0. The van der Waals surface area contributed by atoms with Gasteiger partial charge in [-0.3, -0.25) is 4.99 Å². The van der Waals surface area contributed by atoms with E-state index in [4.69, 9.17) is 4.74 Å². The maximum absolute atomic E-state index is 5.67. The van der Waals surface area contributed by atoms with Gasteiger partial charge in [0, 0.05) is 20.1 Å². The zero-order chi connectivity index (χ0) is 14.8. The van der Waals surface area contributed by atoms with E-state index in [0.29, 0.717) is 12.5 Å². The number of rotatable bonds is 7. The fourth-order valence-electron chi connectivity index (χ4n) is 1.62. The third-order valence-electron chi connectivity index (χ3n) is 2.80. The number of guanidine groups is 1. The lowest BCUT2D eigenvalue weighted by atomic mass is 10.2. The number of aryl methyl sites for hydroxylation is 1. The summed E-state index contributed by atoms with van der Waals surface area (Å²) in [5.41, 5.74) is 1.25. The van der Waals surface area contributed by atoms with Crippen molar-refractivity contribution in [1.82, 2.24) is 10.6 Å². The second-order valence-corrected chi connectivity index (χ2v) is 5.29. The van der Waals surface area contributed by atoms with Crippen LogP contribution in [-0.4, -0.2) is 32.7 Å². The second kappa shape index (κ2) is 11.7. The summed E-state index contributed by atoms with van der Waals surface area (Å²) in [6.45, 7) is 8.91. The molecule has 5 heteroatoms. The zero-order valence-corrected chi connectivity index (χ0v) is 15.8. The number of ether oxygens (including phenoxy) is 1. The molecule has 0 spiro atoms. The first-order chi connectivity index (χ1) is 9.61. The van der Waals surface area contributed by atoms with E-state index in [9.17, 15) is 0 Å². The molecule has 0 bridgehead atoms. The molecule has 1 aromatic rings. The Kier molecular flexibility index (Phi) is 11.1. The van der Waals surface area contributed by atoms with Gasteiger partial charge < -0.3 is 15.4 Å². The summed E-state index contributed by atoms with van der Waals surface area (Å²) in [6, 6.07) is 8.13. The van der Waals surface area contributed by atoms with Gasteiger partial charge in [0.2, 0.25) is 0 Å². The number of aliphatic imine (C=N–C) groups is 1. The largest absolute Gasteiger partial charge is 0.494 e. The first-order valence-corrected chi connectivity index (χ1v) is 7.26. The highest BCUT2D eigenvalue weighted by Gasteiger charge is 1.99. The summed E-state index contributed by atoms with van der Waals surface area (Å²) in [5.74, 6) is 2.39. The number of hydrogen-bond donors (Lipinski definition) is 2. The molecule has 0 fully saturated rings. The molecule has 21 heavy (non-hydrogen) atoms. The summed E-state index contributed by atoms with van der Waals surface area (Å²) in [7, 11) is 1.79. The number of halogens is 1. The molecule has 0 unspecified atom stereocenters. The van der Waals surface area contributed by atoms with Gasteiger partial charge in [-0.15, -0.1) is 24.0 Å². The minimum absolute atomic E-state index is 0. The van der Waals surface area contributed by atoms with Gasteiger partial charge in [-0.25, -0.2) is 0 Å². The Balaban J connectivity index is 0.00000400. The van der Waals surface area contributed by atoms with Crippen LogP contribution in [0.1, 0.15) is 25.8 Å². The monoisotopic (exact) mass is 405 g/mol. The van der Waals surface area contributed by atoms with Gasteiger partial charge in [0.25, 0.3) is 0 Å². The molecule has 1 rings (SSSR count). The molecule has 0 amide bonds. The van der Waals surface area contributed by atoms with Crippen LogP contribution in [0.15, 0.2) is 29.3 Å². The molecule has 0 heterocycles. The predicted molar refractivity (Wildman–Crippen MR) is 101 cm³/mol. The smallest absolute Gasteiger partial charge is 0.190 e. The third kappa shape index (κ3) is 9.55. The lowest BCUT2D eigenvalue weighted by Crippen LogP contribution is -2.39. The van der Waals surface area contributed by atoms with Crippen LogP contribution in [0.3, 0.4) is 0 Å². The van der Waals surface area contributed by atoms with Crippen molar-refractivity contribution in [2.45, 2.75) is 27.2 Å². The number of hydrogen-bond acceptors (Lipinski definition) is 2. The van der Waals surface area contributed by atoms with Crippen molar-refractivity contribution >= 4 is 29.9 Å². The molecule has 0 atom stereocenters. The number of nitrogens with one attached hydrogen (secondary N) is 2. The average Bonchev–Trinajstić information content (AvgIpc) is 2.43. The molecule has 4 nitrogen and oxygen atoms in total. The summed E-state index contributed by atoms with van der Waals surface area (Å²) in [6.07, 6.45) is 0.941. The molecule has 1 aromatic carbocycles. The Hall–Kier alpha value is -0.980. The van der Waals surface area contributed by atoms with E-state index in [-0.39, 0.29) is 24.0 Å². The van der Waals surface area contributed by atoms with E-state index in [0.717, 1.165) is 31.2 Å². The molecular formula is C16H28IN3O. The van der Waals surface area contributed by atoms with Crippen molar-refractivity contribution in [1.29, 1.82) is 0 Å². The van der Waals surface area contributed by atoms with Gasteiger partial charge >= 0.3 is 0 Å². The molecule has 0 radical (unpaired) electrons. The van der Waals surface area contributed by atoms with Crippen molar-refractivity contribution in [2.24, 2.45) is 10.9 Å². The fraction of sp³-hybridized carbons (Fsp3) is 0.562. The van der Waals surface area contributed by atoms with Crippen molar-refractivity contribution in [3.63, 3.8) is 0 Å². The fourth-order valence-corrected chi connectivity index (χ4v) is 1.62. The minimum Gasteiger partial charge on any atom is -0.494 e. The van der Waals surface area contributed by atoms with Gasteiger partial charge in [0.1, 0.15) is 5.75 Å². The summed E-state index contributed by atoms with van der Waals surface area (Å²) < 4.78 is 5.67. The van der Waals surface area contributed by atoms with Crippen molar-refractivity contribution < 1.29 is 4.74 Å². The predicted octanol–water partition coefficient (Wildman–Crippen LogP) is 3.20. The quantitative estimate of drug-likeness (QED) is 0.317. The zero-order valence-electron chi connectivity index (χ0n) is 13.5. The molecule has 0 saturated carbocycles. The Morgan fingerprint density at radius 2 is 1.86 bits per heavy atom. The molecule has 120 valence electrons. The van der Waals surface area contributed by atoms with E-state index in [2.05, 4.69) is 48.5 Å². The average molecular weight is 405 g/mol. The van der Waals surface area contributed by atoms with Crippen molar-refractivity contribution in [3.05, 3.63) is 29.8 Å². The number of benzene rings is 1. The molecule has 0 saturated heterocycles. The van der Waals surface area contributed by atoms with Gasteiger partial charge in [0.05, 0.1) is 6.61 Å². The van der Waals surface area contributed by atoms with Crippen molar-refractivity contribution in [2.75, 3.05) is 26.7 Å². The van der Waals surface area contributed by atoms with Gasteiger partial charge in [-0.05, 0) is 31.4 Å². The van der Waals surface area contributed by atoms with Crippen LogP contribution in [0, 0.1) is 12.8 Å². The van der Waals surface area contributed by atoms with Crippen LogP contribution in [-0.2, 0) is 0 Å². The topological polar surface area (TPSA) is 45.7 Å². The summed E-state index contributed by atoms with van der Waals surface area (Å²) >= 11 is 0. The maximum Gasteiger partial charge on any atom is 0.190 e. The molecule has 0 aliphatic carbocycles. The standard InChI is InChI=1S/C16H27N3O.HI/c1-13(2)12-19-16(17-4)18-10-5-11-20-15-8-6-14(3)7-9-15;/h6-9,13H,5,10-12H2,1-4H3,(H2,17,18,19);1H. The molecule has 2 N–H and O–H groups in total. The highest BCUT2D eigenvalue weighted by atomic mass is 127. The molecule has 0 aliphatic heterocycles. The van der Waals surface area contributed by atoms with E-state index in [1.54, 1.807) is 7.05 Å². The Bertz CT molecular complexity index is 404. The Labute approximate surface area is 145 Å². The van der Waals surface area contributed by atoms with E-state index in [1.165, 1.54) is 5.56 Å².